The number of nitrogens with zero attached hydrogens (tertiary/aromatic N) is 4. The minimum Gasteiger partial charge on any atom is -0.341 e. The van der Waals surface area contributed by atoms with Crippen molar-refractivity contribution in [1.29, 1.82) is 0 Å². The summed E-state index contributed by atoms with van der Waals surface area (Å²) in [4.78, 5) is 25.7. The lowest BCUT2D eigenvalue weighted by molar-refractivity contribution is 0.0933. The van der Waals surface area contributed by atoms with E-state index in [2.05, 4.69) is 30.8 Å². The maximum Gasteiger partial charge on any atom is 0.340 e. The molecule has 3 rings (SSSR count). The van der Waals surface area contributed by atoms with Crippen molar-refractivity contribution in [3.63, 3.8) is 0 Å². The Bertz CT molecular complexity index is 865. The number of aryl methyl sites for hydroxylation is 2. The number of H-pyrrole nitrogens is 2. The van der Waals surface area contributed by atoms with Crippen LogP contribution in [0.25, 0.3) is 0 Å². The van der Waals surface area contributed by atoms with E-state index in [0.29, 0.717) is 12.4 Å². The normalized spacial score (nSPS) is 12.0. The van der Waals surface area contributed by atoms with Crippen LogP contribution in [0.15, 0.2) is 41.3 Å². The number of aromatic nitrogens is 6. The number of aromatic amines is 2. The summed E-state index contributed by atoms with van der Waals surface area (Å²) in [5, 5.41) is 16.6. The molecule has 2 aromatic heterocycles. The van der Waals surface area contributed by atoms with Gasteiger partial charge in [0.25, 0.3) is 5.91 Å². The molecule has 0 spiro atoms. The topological polar surface area (TPSA) is 121 Å². The highest BCUT2D eigenvalue weighted by Gasteiger charge is 2.16. The van der Waals surface area contributed by atoms with Crippen LogP contribution in [0, 0.1) is 0 Å². The zero-order valence-corrected chi connectivity index (χ0v) is 13.1. The van der Waals surface area contributed by atoms with Crippen LogP contribution < -0.4 is 11.0 Å². The van der Waals surface area contributed by atoms with Crippen LogP contribution in [0.1, 0.15) is 34.8 Å². The number of hydrogen-bond acceptors (Lipinski definition) is 5. The molecule has 1 atom stereocenters. The number of rotatable bonds is 6. The lowest BCUT2D eigenvalue weighted by Gasteiger charge is -2.08. The predicted octanol–water partition coefficient (Wildman–Crippen LogP) is 0.423. The van der Waals surface area contributed by atoms with E-state index < -0.39 is 11.7 Å². The zero-order valence-electron chi connectivity index (χ0n) is 13.1. The second kappa shape index (κ2) is 6.90. The van der Waals surface area contributed by atoms with Crippen molar-refractivity contribution in [3.8, 4) is 0 Å². The van der Waals surface area contributed by atoms with Gasteiger partial charge in [-0.25, -0.2) is 9.89 Å². The van der Waals surface area contributed by atoms with Gasteiger partial charge in [0.2, 0.25) is 0 Å². The molecule has 24 heavy (non-hydrogen) atoms. The van der Waals surface area contributed by atoms with Crippen molar-refractivity contribution < 1.29 is 4.79 Å². The van der Waals surface area contributed by atoms with Gasteiger partial charge in [-0.3, -0.25) is 14.5 Å². The van der Waals surface area contributed by atoms with Gasteiger partial charge in [-0.05, 0) is 18.9 Å². The number of hydrogen-bond donors (Lipinski definition) is 3. The molecule has 0 aliphatic rings. The minimum atomic E-state index is -0.453. The molecule has 9 heteroatoms. The van der Waals surface area contributed by atoms with Crippen molar-refractivity contribution in [1.82, 2.24) is 35.5 Å². The molecule has 0 saturated heterocycles. The quantitative estimate of drug-likeness (QED) is 0.606. The average molecular weight is 327 g/mol. The molecular weight excluding hydrogens is 310 g/mol. The zero-order chi connectivity index (χ0) is 16.9. The molecule has 0 saturated carbocycles. The summed E-state index contributed by atoms with van der Waals surface area (Å²) in [6.07, 6.45) is 2.40. The highest BCUT2D eigenvalue weighted by molar-refractivity contribution is 5.92. The fourth-order valence-corrected chi connectivity index (χ4v) is 2.23. The van der Waals surface area contributed by atoms with Gasteiger partial charge < -0.3 is 5.32 Å². The molecule has 0 fully saturated rings. The second-order valence-corrected chi connectivity index (χ2v) is 5.36. The van der Waals surface area contributed by atoms with Crippen LogP contribution in [0.2, 0.25) is 0 Å². The number of benzene rings is 1. The van der Waals surface area contributed by atoms with Gasteiger partial charge in [-0.15, -0.1) is 5.10 Å². The molecule has 0 radical (unpaired) electrons. The highest BCUT2D eigenvalue weighted by atomic mass is 16.2. The summed E-state index contributed by atoms with van der Waals surface area (Å²) in [5.74, 6) is -0.0258. The summed E-state index contributed by atoms with van der Waals surface area (Å²) in [5.41, 5.74) is 0.987. The Kier molecular flexibility index (Phi) is 4.50. The fraction of sp³-hybridized carbons (Fsp3) is 0.267. The van der Waals surface area contributed by atoms with Gasteiger partial charge in [0.1, 0.15) is 0 Å². The Balaban J connectivity index is 1.58. The van der Waals surface area contributed by atoms with E-state index in [9.17, 15) is 9.59 Å². The van der Waals surface area contributed by atoms with Gasteiger partial charge in [0.15, 0.2) is 11.5 Å². The Morgan fingerprint density at radius 1 is 1.33 bits per heavy atom. The Hall–Kier alpha value is -3.23. The number of carbonyl (C=O) groups is 1. The van der Waals surface area contributed by atoms with Gasteiger partial charge in [0, 0.05) is 6.54 Å². The number of carbonyl (C=O) groups excluding carboxylic acids is 1. The van der Waals surface area contributed by atoms with E-state index >= 15 is 0 Å². The molecule has 124 valence electrons. The highest BCUT2D eigenvalue weighted by Crippen LogP contribution is 2.05. The van der Waals surface area contributed by atoms with Crippen LogP contribution in [-0.4, -0.2) is 36.1 Å². The van der Waals surface area contributed by atoms with Gasteiger partial charge in [0.05, 0.1) is 12.2 Å². The summed E-state index contributed by atoms with van der Waals surface area (Å²) < 4.78 is 1.63. The van der Waals surface area contributed by atoms with Crippen LogP contribution >= 0.6 is 0 Å². The van der Waals surface area contributed by atoms with Gasteiger partial charge in [-0.2, -0.15) is 5.10 Å². The molecule has 3 aromatic rings. The molecule has 9 nitrogen and oxygen atoms in total. The van der Waals surface area contributed by atoms with Crippen molar-refractivity contribution in [2.45, 2.75) is 25.9 Å². The maximum atomic E-state index is 12.2. The molecule has 2 heterocycles. The predicted molar refractivity (Wildman–Crippen MR) is 85.3 cm³/mol. The maximum absolute atomic E-state index is 12.2. The van der Waals surface area contributed by atoms with E-state index in [1.807, 2.05) is 30.3 Å². The third-order valence-electron chi connectivity index (χ3n) is 3.52. The summed E-state index contributed by atoms with van der Waals surface area (Å²) in [7, 11) is 0. The summed E-state index contributed by atoms with van der Waals surface area (Å²) in [6.45, 7) is 2.34. The first-order valence-electron chi connectivity index (χ1n) is 7.51. The largest absolute Gasteiger partial charge is 0.341 e. The van der Waals surface area contributed by atoms with Crippen LogP contribution in [0.4, 0.5) is 0 Å². The van der Waals surface area contributed by atoms with Crippen LogP contribution in [0.5, 0.6) is 0 Å². The Morgan fingerprint density at radius 2 is 2.12 bits per heavy atom. The SMILES string of the molecule is C[C@H](NC(=O)c1cn(CCc2ccccc2)nn1)c1n[nH]c(=O)[nH]1. The molecule has 3 N–H and O–H groups in total. The molecule has 0 unspecified atom stereocenters. The lowest BCUT2D eigenvalue weighted by atomic mass is 10.1. The first-order valence-corrected chi connectivity index (χ1v) is 7.51. The van der Waals surface area contributed by atoms with Gasteiger partial charge >= 0.3 is 5.69 Å². The monoisotopic (exact) mass is 327 g/mol. The molecule has 1 aromatic carbocycles. The van der Waals surface area contributed by atoms with Crippen molar-refractivity contribution in [2.24, 2.45) is 0 Å². The van der Waals surface area contributed by atoms with E-state index in [4.69, 9.17) is 0 Å². The third kappa shape index (κ3) is 3.75. The smallest absolute Gasteiger partial charge is 0.340 e. The Morgan fingerprint density at radius 3 is 2.83 bits per heavy atom. The Labute approximate surface area is 137 Å². The molecule has 1 amide bonds. The standard InChI is InChI=1S/C15H17N7O2/c1-10(13-17-15(24)20-19-13)16-14(23)12-9-22(21-18-12)8-7-11-5-3-2-4-6-11/h2-6,9-10H,7-8H2,1H3,(H,16,23)(H2,17,19,20,24)/t10-/m0/s1. The summed E-state index contributed by atoms with van der Waals surface area (Å²) >= 11 is 0. The van der Waals surface area contributed by atoms with Gasteiger partial charge in [-0.1, -0.05) is 35.5 Å². The average Bonchev–Trinajstić information content (AvgIpc) is 3.23. The molecular formula is C15H17N7O2. The minimum absolute atomic E-state index is 0.216. The first kappa shape index (κ1) is 15.7. The van der Waals surface area contributed by atoms with E-state index in [0.717, 1.165) is 6.42 Å². The lowest BCUT2D eigenvalue weighted by Crippen LogP contribution is -2.28. The third-order valence-corrected chi connectivity index (χ3v) is 3.52. The van der Waals surface area contributed by atoms with Crippen molar-refractivity contribution >= 4 is 5.91 Å². The van der Waals surface area contributed by atoms with E-state index in [-0.39, 0.29) is 11.6 Å². The molecule has 0 aliphatic heterocycles. The first-order chi connectivity index (χ1) is 11.6. The van der Waals surface area contributed by atoms with Crippen LogP contribution in [0.3, 0.4) is 0 Å². The second-order valence-electron chi connectivity index (χ2n) is 5.36. The van der Waals surface area contributed by atoms with Crippen molar-refractivity contribution in [2.75, 3.05) is 0 Å². The van der Waals surface area contributed by atoms with Crippen LogP contribution in [-0.2, 0) is 13.0 Å². The van der Waals surface area contributed by atoms with E-state index in [1.165, 1.54) is 5.56 Å². The number of amides is 1. The van der Waals surface area contributed by atoms with Crippen molar-refractivity contribution in [3.05, 3.63) is 64.1 Å². The fourth-order valence-electron chi connectivity index (χ4n) is 2.23. The molecule has 0 bridgehead atoms. The number of nitrogens with one attached hydrogen (secondary N) is 3. The van der Waals surface area contributed by atoms with E-state index in [1.54, 1.807) is 17.8 Å². The summed E-state index contributed by atoms with van der Waals surface area (Å²) in [6, 6.07) is 9.56. The molecule has 0 aliphatic carbocycles.